The number of amides is 1. The monoisotopic (exact) mass is 976 g/mol. The zero-order valence-electron chi connectivity index (χ0n) is 44.0. The molecule has 0 saturated carbocycles. The average Bonchev–Trinajstić information content (AvgIpc) is 3.34. The zero-order valence-corrected chi connectivity index (χ0v) is 44.0. The first-order valence-electron chi connectivity index (χ1n) is 28.4. The van der Waals surface area contributed by atoms with Crippen LogP contribution in [-0.2, 0) is 23.8 Å². The maximum absolute atomic E-state index is 13.0. The lowest BCUT2D eigenvalue weighted by Gasteiger charge is -2.40. The van der Waals surface area contributed by atoms with Crippen LogP contribution in [0.4, 0.5) is 0 Å². The summed E-state index contributed by atoms with van der Waals surface area (Å²) in [6.07, 6.45) is 49.2. The summed E-state index contributed by atoms with van der Waals surface area (Å²) in [6, 6.07) is -0.833. The Labute approximate surface area is 421 Å². The van der Waals surface area contributed by atoms with E-state index in [0.29, 0.717) is 19.4 Å². The first kappa shape index (κ1) is 64.6. The molecule has 11 heteroatoms. The Morgan fingerprint density at radius 3 is 1.48 bits per heavy atom. The number of carbonyl (C=O) groups is 2. The summed E-state index contributed by atoms with van der Waals surface area (Å²) in [5.74, 6) is -0.224. The van der Waals surface area contributed by atoms with Crippen molar-refractivity contribution in [2.75, 3.05) is 19.8 Å². The van der Waals surface area contributed by atoms with Gasteiger partial charge < -0.3 is 45.1 Å². The number of unbranched alkanes of at least 4 members (excludes halogenated alkanes) is 28. The molecule has 1 aliphatic heterocycles. The lowest BCUT2D eigenvalue weighted by molar-refractivity contribution is -0.302. The van der Waals surface area contributed by atoms with Crippen LogP contribution in [0.15, 0.2) is 48.6 Å². The fourth-order valence-electron chi connectivity index (χ4n) is 8.54. The number of carbonyl (C=O) groups excluding carboxylic acids is 2. The first-order valence-corrected chi connectivity index (χ1v) is 28.4. The Kier molecular flexibility index (Phi) is 44.9. The van der Waals surface area contributed by atoms with Crippen molar-refractivity contribution in [1.29, 1.82) is 0 Å². The molecule has 0 spiro atoms. The van der Waals surface area contributed by atoms with Gasteiger partial charge >= 0.3 is 5.97 Å². The number of allylic oxidation sites excluding steroid dienone is 7. The third-order valence-electron chi connectivity index (χ3n) is 13.1. The van der Waals surface area contributed by atoms with Crippen molar-refractivity contribution in [1.82, 2.24) is 5.32 Å². The lowest BCUT2D eigenvalue weighted by atomic mass is 9.99. The summed E-state index contributed by atoms with van der Waals surface area (Å²) in [6.45, 7) is 4.23. The predicted molar refractivity (Wildman–Crippen MR) is 283 cm³/mol. The smallest absolute Gasteiger partial charge is 0.305 e. The van der Waals surface area contributed by atoms with E-state index in [4.69, 9.17) is 14.2 Å². The minimum absolute atomic E-state index is 0.0202. The van der Waals surface area contributed by atoms with Gasteiger partial charge in [-0.05, 0) is 89.9 Å². The summed E-state index contributed by atoms with van der Waals surface area (Å²) in [5, 5.41) is 54.2. The molecule has 69 heavy (non-hydrogen) atoms. The molecule has 0 radical (unpaired) electrons. The van der Waals surface area contributed by atoms with Crippen molar-refractivity contribution >= 4 is 11.9 Å². The van der Waals surface area contributed by atoms with E-state index in [1.807, 2.05) is 6.08 Å². The van der Waals surface area contributed by atoms with Gasteiger partial charge in [-0.25, -0.2) is 0 Å². The highest BCUT2D eigenvalue weighted by atomic mass is 16.7. The predicted octanol–water partition coefficient (Wildman–Crippen LogP) is 12.5. The van der Waals surface area contributed by atoms with E-state index in [2.05, 4.69) is 55.6 Å². The van der Waals surface area contributed by atoms with Gasteiger partial charge in [0.15, 0.2) is 6.29 Å². The summed E-state index contributed by atoms with van der Waals surface area (Å²) in [7, 11) is 0. The molecular weight excluding hydrogens is 871 g/mol. The molecule has 0 aromatic rings. The molecule has 0 aromatic heterocycles. The second-order valence-electron chi connectivity index (χ2n) is 19.6. The van der Waals surface area contributed by atoms with E-state index in [9.17, 15) is 35.1 Å². The number of ether oxygens (including phenoxy) is 3. The first-order chi connectivity index (χ1) is 33.7. The van der Waals surface area contributed by atoms with E-state index in [1.54, 1.807) is 6.08 Å². The second-order valence-corrected chi connectivity index (χ2v) is 19.6. The van der Waals surface area contributed by atoms with Crippen LogP contribution in [-0.4, -0.2) is 100 Å². The van der Waals surface area contributed by atoms with Gasteiger partial charge in [0.1, 0.15) is 24.4 Å². The van der Waals surface area contributed by atoms with Crippen LogP contribution in [0.2, 0.25) is 0 Å². The maximum Gasteiger partial charge on any atom is 0.305 e. The summed E-state index contributed by atoms with van der Waals surface area (Å²) >= 11 is 0. The van der Waals surface area contributed by atoms with E-state index < -0.39 is 49.5 Å². The molecule has 0 aliphatic carbocycles. The molecule has 1 amide bonds. The highest BCUT2D eigenvalue weighted by Gasteiger charge is 2.44. The number of aliphatic hydroxyl groups is 5. The van der Waals surface area contributed by atoms with E-state index in [-0.39, 0.29) is 18.5 Å². The Hall–Kier alpha value is -2.38. The molecule has 1 fully saturated rings. The van der Waals surface area contributed by atoms with Crippen molar-refractivity contribution in [2.24, 2.45) is 0 Å². The third-order valence-corrected chi connectivity index (χ3v) is 13.1. The van der Waals surface area contributed by atoms with Crippen LogP contribution in [0.1, 0.15) is 245 Å². The van der Waals surface area contributed by atoms with Gasteiger partial charge in [0, 0.05) is 12.8 Å². The van der Waals surface area contributed by atoms with Crippen LogP contribution in [0.5, 0.6) is 0 Å². The molecule has 0 aromatic carbocycles. The summed E-state index contributed by atoms with van der Waals surface area (Å²) in [5.41, 5.74) is 0. The summed E-state index contributed by atoms with van der Waals surface area (Å²) < 4.78 is 16.6. The molecule has 11 nitrogen and oxygen atoms in total. The molecule has 0 bridgehead atoms. The number of hydrogen-bond donors (Lipinski definition) is 6. The average molecular weight is 976 g/mol. The topological polar surface area (TPSA) is 175 Å². The largest absolute Gasteiger partial charge is 0.466 e. The van der Waals surface area contributed by atoms with Crippen LogP contribution in [0.25, 0.3) is 0 Å². The molecule has 1 saturated heterocycles. The second kappa shape index (κ2) is 47.9. The van der Waals surface area contributed by atoms with Crippen LogP contribution in [0.3, 0.4) is 0 Å². The SMILES string of the molecule is CCCC/C=C\CCCCCCCC(=O)OCCCCCCCCCCC/C=C\CCCCCCCCCC(=O)NC(COC1OC(CO)C(O)C(O)C1O)C(O)/C=C/CC/C=C/CCCCCC. The van der Waals surface area contributed by atoms with Gasteiger partial charge in [-0.15, -0.1) is 0 Å². The number of hydrogen-bond acceptors (Lipinski definition) is 10. The van der Waals surface area contributed by atoms with Gasteiger partial charge in [-0.3, -0.25) is 9.59 Å². The highest BCUT2D eigenvalue weighted by molar-refractivity contribution is 5.76. The molecule has 1 rings (SSSR count). The molecular formula is C58H105NO10. The zero-order chi connectivity index (χ0) is 50.3. The van der Waals surface area contributed by atoms with Gasteiger partial charge in [-0.2, -0.15) is 0 Å². The van der Waals surface area contributed by atoms with Crippen LogP contribution < -0.4 is 5.32 Å². The normalized spacial score (nSPS) is 19.7. The van der Waals surface area contributed by atoms with Crippen molar-refractivity contribution in [2.45, 2.75) is 288 Å². The van der Waals surface area contributed by atoms with Gasteiger partial charge in [-0.1, -0.05) is 191 Å². The standard InChI is InChI=1S/C58H105NO10/c1-3-5-7-9-11-13-25-30-34-38-42-46-54(63)67-47-43-39-35-31-27-24-22-20-18-16-15-17-19-21-23-26-29-33-37-41-45-53(62)59-50(49-68-58-57(66)56(65)55(64)52(48-60)69-58)51(61)44-40-36-32-28-14-12-10-8-6-4-2/h9,11,14-15,17,28,40,44,50-52,55-58,60-61,64-66H,3-8,10,12-13,16,18-27,29-39,41-43,45-49H2,1-2H3,(H,59,62)/b11-9-,17-15-,28-14+,44-40+. The lowest BCUT2D eigenvalue weighted by Crippen LogP contribution is -2.60. The Balaban J connectivity index is 2.08. The van der Waals surface area contributed by atoms with Gasteiger partial charge in [0.05, 0.1) is 32.0 Å². The Morgan fingerprint density at radius 1 is 0.522 bits per heavy atom. The highest BCUT2D eigenvalue weighted by Crippen LogP contribution is 2.23. The minimum Gasteiger partial charge on any atom is -0.466 e. The van der Waals surface area contributed by atoms with Crippen molar-refractivity contribution in [3.05, 3.63) is 48.6 Å². The maximum atomic E-state index is 13.0. The fourth-order valence-corrected chi connectivity index (χ4v) is 8.54. The van der Waals surface area contributed by atoms with Crippen molar-refractivity contribution < 1.29 is 49.3 Å². The Bertz CT molecular complexity index is 1290. The fraction of sp³-hybridized carbons (Fsp3) is 0.828. The van der Waals surface area contributed by atoms with Crippen LogP contribution in [0, 0.1) is 0 Å². The summed E-state index contributed by atoms with van der Waals surface area (Å²) in [4.78, 5) is 25.0. The van der Waals surface area contributed by atoms with Crippen molar-refractivity contribution in [3.63, 3.8) is 0 Å². The third kappa shape index (κ3) is 38.0. The van der Waals surface area contributed by atoms with Gasteiger partial charge in [0.2, 0.25) is 5.91 Å². The number of esters is 1. The van der Waals surface area contributed by atoms with Gasteiger partial charge in [0.25, 0.3) is 0 Å². The van der Waals surface area contributed by atoms with E-state index in [0.717, 1.165) is 77.0 Å². The molecule has 6 N–H and O–H groups in total. The van der Waals surface area contributed by atoms with Crippen molar-refractivity contribution in [3.8, 4) is 0 Å². The number of aliphatic hydroxyl groups excluding tert-OH is 5. The molecule has 1 aliphatic rings. The molecule has 1 heterocycles. The Morgan fingerprint density at radius 2 is 0.957 bits per heavy atom. The number of nitrogens with one attached hydrogen (secondary N) is 1. The molecule has 402 valence electrons. The quantitative estimate of drug-likeness (QED) is 0.0196. The number of rotatable bonds is 48. The molecule has 7 atom stereocenters. The minimum atomic E-state index is -1.58. The van der Waals surface area contributed by atoms with Crippen LogP contribution >= 0.6 is 0 Å². The molecule has 7 unspecified atom stereocenters. The van der Waals surface area contributed by atoms with E-state index >= 15 is 0 Å². The van der Waals surface area contributed by atoms with E-state index in [1.165, 1.54) is 141 Å².